The Labute approximate surface area is 256 Å². The summed E-state index contributed by atoms with van der Waals surface area (Å²) in [5.41, 5.74) is -0.200. The SMILES string of the molecule is COc1ccc(S(=O)(=O)N2C(=O)C(c3ccccc3OC)(N3CCC[C@H]3C(=O)N(C)C)c3cc(C)c(Cl)cc32)c(OC)c1. The van der Waals surface area contributed by atoms with Gasteiger partial charge in [0.2, 0.25) is 5.91 Å². The van der Waals surface area contributed by atoms with E-state index in [1.165, 1.54) is 50.5 Å². The first-order valence-corrected chi connectivity index (χ1v) is 15.5. The molecule has 12 heteroatoms. The second kappa shape index (κ2) is 11.4. The normalized spacial score (nSPS) is 20.2. The van der Waals surface area contributed by atoms with Crippen molar-refractivity contribution in [2.24, 2.45) is 0 Å². The molecule has 5 rings (SSSR count). The third-order valence-electron chi connectivity index (χ3n) is 8.17. The van der Waals surface area contributed by atoms with Crippen LogP contribution in [-0.2, 0) is 25.2 Å². The van der Waals surface area contributed by atoms with Gasteiger partial charge in [0.25, 0.3) is 15.9 Å². The Morgan fingerprint density at radius 3 is 2.33 bits per heavy atom. The third-order valence-corrected chi connectivity index (χ3v) is 10.3. The molecule has 0 aromatic heterocycles. The minimum atomic E-state index is -4.60. The molecule has 10 nitrogen and oxygen atoms in total. The molecule has 0 spiro atoms. The van der Waals surface area contributed by atoms with Gasteiger partial charge < -0.3 is 19.1 Å². The van der Waals surface area contributed by atoms with Crippen LogP contribution in [0.5, 0.6) is 17.2 Å². The minimum absolute atomic E-state index is 0.00327. The first-order chi connectivity index (χ1) is 20.4. The van der Waals surface area contributed by atoms with Crippen molar-refractivity contribution in [1.29, 1.82) is 0 Å². The molecule has 2 amide bonds. The molecule has 228 valence electrons. The van der Waals surface area contributed by atoms with Crippen molar-refractivity contribution in [3.63, 3.8) is 0 Å². The zero-order valence-corrected chi connectivity index (χ0v) is 26.5. The fourth-order valence-electron chi connectivity index (χ4n) is 6.18. The molecular weight excluding hydrogens is 594 g/mol. The zero-order chi connectivity index (χ0) is 31.3. The average molecular weight is 628 g/mol. The van der Waals surface area contributed by atoms with Gasteiger partial charge in [0.05, 0.1) is 33.1 Å². The molecule has 2 aliphatic rings. The summed E-state index contributed by atoms with van der Waals surface area (Å²) < 4.78 is 46.5. The Morgan fingerprint density at radius 1 is 0.977 bits per heavy atom. The number of hydrogen-bond donors (Lipinski definition) is 0. The van der Waals surface area contributed by atoms with Crippen LogP contribution in [0.25, 0.3) is 0 Å². The van der Waals surface area contributed by atoms with Crippen LogP contribution in [0.3, 0.4) is 0 Å². The van der Waals surface area contributed by atoms with Crippen LogP contribution in [0.4, 0.5) is 5.69 Å². The Morgan fingerprint density at radius 2 is 1.67 bits per heavy atom. The number of sulfonamides is 1. The van der Waals surface area contributed by atoms with Crippen LogP contribution in [-0.4, -0.2) is 78.0 Å². The van der Waals surface area contributed by atoms with E-state index in [-0.39, 0.29) is 27.3 Å². The van der Waals surface area contributed by atoms with Crippen LogP contribution in [0, 0.1) is 6.92 Å². The number of ether oxygens (including phenoxy) is 3. The second-order valence-electron chi connectivity index (χ2n) is 10.7. The number of likely N-dealkylation sites (tertiary alicyclic amines) is 1. The van der Waals surface area contributed by atoms with Gasteiger partial charge in [-0.05, 0) is 55.7 Å². The monoisotopic (exact) mass is 627 g/mol. The Kier molecular flexibility index (Phi) is 8.10. The molecule has 0 bridgehead atoms. The summed E-state index contributed by atoms with van der Waals surface area (Å²) in [6, 6.07) is 13.8. The fraction of sp³-hybridized carbons (Fsp3) is 0.355. The number of halogens is 1. The van der Waals surface area contributed by atoms with Gasteiger partial charge in [-0.1, -0.05) is 29.8 Å². The first kappa shape index (κ1) is 30.7. The molecule has 2 heterocycles. The molecule has 0 aliphatic carbocycles. The van der Waals surface area contributed by atoms with E-state index in [4.69, 9.17) is 25.8 Å². The standard InChI is InChI=1S/C31H34ClN3O7S/c1-19-16-22-25(18-23(19)32)35(43(38,39)28-14-13-20(40-4)17-27(28)42-6)30(37)31(22,21-10-7-8-12-26(21)41-5)34-15-9-11-24(34)29(36)33(2)3/h7-8,10,12-14,16-18,24H,9,11,15H2,1-6H3/t24-,31?/m0/s1. The lowest BCUT2D eigenvalue weighted by atomic mass is 9.80. The Hall–Kier alpha value is -3.80. The summed E-state index contributed by atoms with van der Waals surface area (Å²) in [6.07, 6.45) is 1.11. The van der Waals surface area contributed by atoms with Crippen molar-refractivity contribution in [1.82, 2.24) is 9.80 Å². The number of hydrogen-bond acceptors (Lipinski definition) is 8. The summed E-state index contributed by atoms with van der Waals surface area (Å²) in [6.45, 7) is 2.14. The highest BCUT2D eigenvalue weighted by atomic mass is 35.5. The number of nitrogens with zero attached hydrogens (tertiary/aromatic N) is 3. The lowest BCUT2D eigenvalue weighted by Crippen LogP contribution is -2.59. The van der Waals surface area contributed by atoms with Crippen LogP contribution in [0.1, 0.15) is 29.5 Å². The fourth-order valence-corrected chi connectivity index (χ4v) is 7.94. The van der Waals surface area contributed by atoms with Gasteiger partial charge in [-0.3, -0.25) is 14.5 Å². The highest BCUT2D eigenvalue weighted by Crippen LogP contribution is 2.55. The summed E-state index contributed by atoms with van der Waals surface area (Å²) in [7, 11) is 3.01. The number of methoxy groups -OCH3 is 3. The molecule has 3 aromatic carbocycles. The van der Waals surface area contributed by atoms with Crippen molar-refractivity contribution in [2.75, 3.05) is 46.3 Å². The van der Waals surface area contributed by atoms with E-state index < -0.39 is 27.5 Å². The van der Waals surface area contributed by atoms with Crippen molar-refractivity contribution in [3.05, 3.63) is 76.3 Å². The Balaban J connectivity index is 1.88. The molecule has 3 aromatic rings. The number of fused-ring (bicyclic) bond motifs is 1. The molecule has 1 saturated heterocycles. The van der Waals surface area contributed by atoms with E-state index >= 15 is 4.79 Å². The molecule has 2 atom stereocenters. The number of rotatable bonds is 8. The quantitative estimate of drug-likeness (QED) is 0.366. The Bertz CT molecular complexity index is 1710. The van der Waals surface area contributed by atoms with Gasteiger partial charge in [-0.15, -0.1) is 0 Å². The van der Waals surface area contributed by atoms with Crippen molar-refractivity contribution >= 4 is 39.1 Å². The number of anilines is 1. The molecule has 0 radical (unpaired) electrons. The van der Waals surface area contributed by atoms with E-state index in [0.29, 0.717) is 47.6 Å². The van der Waals surface area contributed by atoms with Gasteiger partial charge in [-0.25, -0.2) is 12.7 Å². The van der Waals surface area contributed by atoms with Gasteiger partial charge in [0, 0.05) is 42.9 Å². The number of likely N-dealkylation sites (N-methyl/N-ethyl adjacent to an activating group) is 1. The van der Waals surface area contributed by atoms with Crippen LogP contribution in [0.2, 0.25) is 5.02 Å². The summed E-state index contributed by atoms with van der Waals surface area (Å²) in [5.74, 6) is -0.204. The predicted octanol–water partition coefficient (Wildman–Crippen LogP) is 4.21. The number of benzene rings is 3. The molecule has 43 heavy (non-hydrogen) atoms. The summed E-state index contributed by atoms with van der Waals surface area (Å²) >= 11 is 6.60. The predicted molar refractivity (Wildman–Crippen MR) is 163 cm³/mol. The molecule has 2 aliphatic heterocycles. The maximum absolute atomic E-state index is 15.3. The molecule has 1 fully saturated rings. The second-order valence-corrected chi connectivity index (χ2v) is 12.9. The van der Waals surface area contributed by atoms with Crippen LogP contribution >= 0.6 is 11.6 Å². The zero-order valence-electron chi connectivity index (χ0n) is 24.9. The minimum Gasteiger partial charge on any atom is -0.497 e. The summed E-state index contributed by atoms with van der Waals surface area (Å²) in [5, 5.41) is 0.284. The number of aryl methyl sites for hydroxylation is 1. The molecular formula is C31H34ClN3O7S. The number of amides is 2. The number of carbonyl (C=O) groups excluding carboxylic acids is 2. The lowest BCUT2D eigenvalue weighted by molar-refractivity contribution is -0.138. The lowest BCUT2D eigenvalue weighted by Gasteiger charge is -2.42. The van der Waals surface area contributed by atoms with Crippen molar-refractivity contribution in [3.8, 4) is 17.2 Å². The largest absolute Gasteiger partial charge is 0.497 e. The van der Waals surface area contributed by atoms with Gasteiger partial charge >= 0.3 is 0 Å². The average Bonchev–Trinajstić information content (AvgIpc) is 3.57. The first-order valence-electron chi connectivity index (χ1n) is 13.7. The van der Waals surface area contributed by atoms with Gasteiger partial charge in [0.1, 0.15) is 22.1 Å². The molecule has 1 unspecified atom stereocenters. The van der Waals surface area contributed by atoms with E-state index in [2.05, 4.69) is 0 Å². The number of para-hydroxylation sites is 1. The van der Waals surface area contributed by atoms with E-state index in [1.807, 2.05) is 4.90 Å². The number of carbonyl (C=O) groups is 2. The van der Waals surface area contributed by atoms with Gasteiger partial charge in [-0.2, -0.15) is 0 Å². The van der Waals surface area contributed by atoms with Crippen LogP contribution in [0.15, 0.2) is 59.5 Å². The van der Waals surface area contributed by atoms with E-state index in [0.717, 1.165) is 4.31 Å². The smallest absolute Gasteiger partial charge is 0.274 e. The maximum Gasteiger partial charge on any atom is 0.274 e. The topological polar surface area (TPSA) is 106 Å². The third kappa shape index (κ3) is 4.61. The molecule has 0 N–H and O–H groups in total. The van der Waals surface area contributed by atoms with E-state index in [1.54, 1.807) is 51.4 Å². The van der Waals surface area contributed by atoms with Crippen molar-refractivity contribution in [2.45, 2.75) is 36.2 Å². The highest BCUT2D eigenvalue weighted by Gasteiger charge is 2.63. The maximum atomic E-state index is 15.3. The highest BCUT2D eigenvalue weighted by molar-refractivity contribution is 7.93. The van der Waals surface area contributed by atoms with Crippen LogP contribution < -0.4 is 18.5 Å². The van der Waals surface area contributed by atoms with Crippen molar-refractivity contribution < 1.29 is 32.2 Å². The molecule has 0 saturated carbocycles. The van der Waals surface area contributed by atoms with Gasteiger partial charge in [0.15, 0.2) is 5.54 Å². The van der Waals surface area contributed by atoms with E-state index in [9.17, 15) is 13.2 Å². The summed E-state index contributed by atoms with van der Waals surface area (Å²) in [4.78, 5) is 31.9.